The highest BCUT2D eigenvalue weighted by atomic mass is 16.4. The van der Waals surface area contributed by atoms with Crippen LogP contribution in [0.15, 0.2) is 12.4 Å². The summed E-state index contributed by atoms with van der Waals surface area (Å²) in [4.78, 5) is 23.8. The summed E-state index contributed by atoms with van der Waals surface area (Å²) in [6.07, 6.45) is 3.19. The minimum absolute atomic E-state index is 0.0272. The molecular weight excluding hydrogens is 240 g/mol. The van der Waals surface area contributed by atoms with Crippen LogP contribution in [0.5, 0.6) is 0 Å². The van der Waals surface area contributed by atoms with E-state index in [1.54, 1.807) is 19.4 Å². The van der Waals surface area contributed by atoms with Gasteiger partial charge in [-0.15, -0.1) is 0 Å². The Hall–Kier alpha value is -2.09. The third kappa shape index (κ3) is 4.06. The second-order valence-electron chi connectivity index (χ2n) is 3.82. The summed E-state index contributed by atoms with van der Waals surface area (Å²) in [7, 11) is 1.54. The number of urea groups is 1. The van der Waals surface area contributed by atoms with Crippen molar-refractivity contribution in [2.45, 2.75) is 19.0 Å². The Bertz CT molecular complexity index is 393. The van der Waals surface area contributed by atoms with Crippen molar-refractivity contribution in [3.63, 3.8) is 0 Å². The fourth-order valence-electron chi connectivity index (χ4n) is 1.36. The Labute approximate surface area is 104 Å². The molecule has 8 nitrogen and oxygen atoms in total. The zero-order valence-corrected chi connectivity index (χ0v) is 9.96. The number of amides is 2. The molecule has 8 heteroatoms. The van der Waals surface area contributed by atoms with E-state index >= 15 is 0 Å². The second kappa shape index (κ2) is 6.60. The Morgan fingerprint density at radius 3 is 2.83 bits per heavy atom. The third-order valence-electron chi connectivity index (χ3n) is 2.33. The zero-order chi connectivity index (χ0) is 13.5. The molecule has 0 aromatic carbocycles. The minimum atomic E-state index is -1.17. The first-order chi connectivity index (χ1) is 8.54. The highest BCUT2D eigenvalue weighted by Crippen LogP contribution is 2.01. The van der Waals surface area contributed by atoms with Crippen molar-refractivity contribution in [1.82, 2.24) is 20.4 Å². The number of carboxylic acid groups (broad SMARTS) is 1. The molecule has 1 rings (SSSR count). The van der Waals surface area contributed by atoms with Gasteiger partial charge in [0.1, 0.15) is 6.04 Å². The summed E-state index contributed by atoms with van der Waals surface area (Å²) in [5, 5.41) is 26.2. The number of aliphatic carboxylic acids is 1. The topological polar surface area (TPSA) is 119 Å². The maximum absolute atomic E-state index is 11.7. The Balaban J connectivity index is 2.50. The first kappa shape index (κ1) is 14.0. The van der Waals surface area contributed by atoms with E-state index in [-0.39, 0.29) is 13.0 Å². The number of aliphatic hydroxyl groups is 1. The molecule has 1 aromatic rings. The second-order valence-corrected chi connectivity index (χ2v) is 3.82. The highest BCUT2D eigenvalue weighted by Gasteiger charge is 2.21. The Morgan fingerprint density at radius 2 is 2.33 bits per heavy atom. The molecule has 2 amide bonds. The van der Waals surface area contributed by atoms with Gasteiger partial charge in [-0.1, -0.05) is 0 Å². The van der Waals surface area contributed by atoms with Crippen LogP contribution in [-0.2, 0) is 11.3 Å². The van der Waals surface area contributed by atoms with Crippen molar-refractivity contribution in [3.05, 3.63) is 18.0 Å². The van der Waals surface area contributed by atoms with Gasteiger partial charge in [-0.3, -0.25) is 5.10 Å². The highest BCUT2D eigenvalue weighted by molar-refractivity contribution is 5.82. The van der Waals surface area contributed by atoms with Gasteiger partial charge in [0.2, 0.25) is 0 Å². The van der Waals surface area contributed by atoms with E-state index in [2.05, 4.69) is 15.5 Å². The first-order valence-electron chi connectivity index (χ1n) is 5.37. The number of aliphatic hydroxyl groups excluding tert-OH is 1. The molecule has 0 unspecified atom stereocenters. The molecule has 0 aliphatic rings. The summed E-state index contributed by atoms with van der Waals surface area (Å²) >= 11 is 0. The number of aromatic amines is 1. The largest absolute Gasteiger partial charge is 0.480 e. The van der Waals surface area contributed by atoms with Gasteiger partial charge in [0.05, 0.1) is 12.7 Å². The molecule has 1 atom stereocenters. The number of carbonyl (C=O) groups excluding carboxylic acids is 1. The average molecular weight is 256 g/mol. The van der Waals surface area contributed by atoms with Crippen molar-refractivity contribution in [2.24, 2.45) is 0 Å². The van der Waals surface area contributed by atoms with E-state index in [1.165, 1.54) is 4.90 Å². The molecule has 0 fully saturated rings. The molecule has 1 heterocycles. The lowest BCUT2D eigenvalue weighted by atomic mass is 10.2. The fourth-order valence-corrected chi connectivity index (χ4v) is 1.36. The van der Waals surface area contributed by atoms with Crippen molar-refractivity contribution >= 4 is 12.0 Å². The van der Waals surface area contributed by atoms with Gasteiger partial charge in [0.15, 0.2) is 0 Å². The van der Waals surface area contributed by atoms with Crippen LogP contribution in [0.2, 0.25) is 0 Å². The number of nitrogens with one attached hydrogen (secondary N) is 2. The first-order valence-corrected chi connectivity index (χ1v) is 5.37. The zero-order valence-electron chi connectivity index (χ0n) is 9.96. The molecular formula is C10H16N4O4. The van der Waals surface area contributed by atoms with E-state index in [9.17, 15) is 9.59 Å². The maximum atomic E-state index is 11.7. The number of H-pyrrole nitrogens is 1. The van der Waals surface area contributed by atoms with Crippen molar-refractivity contribution in [1.29, 1.82) is 0 Å². The average Bonchev–Trinajstić information content (AvgIpc) is 2.80. The minimum Gasteiger partial charge on any atom is -0.480 e. The lowest BCUT2D eigenvalue weighted by Crippen LogP contribution is -2.46. The van der Waals surface area contributed by atoms with Gasteiger partial charge in [-0.25, -0.2) is 9.59 Å². The van der Waals surface area contributed by atoms with E-state index in [4.69, 9.17) is 10.2 Å². The molecule has 0 bridgehead atoms. The SMILES string of the molecule is CN(Cc1cn[nH]c1)C(=O)N[C@H](CCO)C(=O)O. The standard InChI is InChI=1S/C10H16N4O4/c1-14(6-7-4-11-12-5-7)10(18)13-8(2-3-15)9(16)17/h4-5,8,15H,2-3,6H2,1H3,(H,11,12)(H,13,18)(H,16,17)/t8-/m1/s1. The van der Waals surface area contributed by atoms with Crippen LogP contribution in [0.3, 0.4) is 0 Å². The van der Waals surface area contributed by atoms with Crippen LogP contribution in [0.4, 0.5) is 4.79 Å². The van der Waals surface area contributed by atoms with Crippen LogP contribution in [-0.4, -0.2) is 57.0 Å². The summed E-state index contributed by atoms with van der Waals surface area (Å²) in [5.41, 5.74) is 0.807. The Morgan fingerprint density at radius 1 is 1.61 bits per heavy atom. The fraction of sp³-hybridized carbons (Fsp3) is 0.500. The van der Waals surface area contributed by atoms with Gasteiger partial charge in [0, 0.05) is 31.8 Å². The smallest absolute Gasteiger partial charge is 0.326 e. The Kier molecular flexibility index (Phi) is 5.12. The summed E-state index contributed by atoms with van der Waals surface area (Å²) in [6.45, 7) is 0.0104. The van der Waals surface area contributed by atoms with Gasteiger partial charge >= 0.3 is 12.0 Å². The summed E-state index contributed by atoms with van der Waals surface area (Å²) in [6, 6.07) is -1.61. The van der Waals surface area contributed by atoms with Crippen molar-refractivity contribution in [3.8, 4) is 0 Å². The number of aromatic nitrogens is 2. The molecule has 18 heavy (non-hydrogen) atoms. The molecule has 0 aliphatic heterocycles. The van der Waals surface area contributed by atoms with Crippen molar-refractivity contribution in [2.75, 3.05) is 13.7 Å². The van der Waals surface area contributed by atoms with E-state index in [0.29, 0.717) is 6.54 Å². The lowest BCUT2D eigenvalue weighted by molar-refractivity contribution is -0.139. The quantitative estimate of drug-likeness (QED) is 0.541. The summed E-state index contributed by atoms with van der Waals surface area (Å²) < 4.78 is 0. The number of carboxylic acids is 1. The van der Waals surface area contributed by atoms with Crippen molar-refractivity contribution < 1.29 is 19.8 Å². The molecule has 1 aromatic heterocycles. The van der Waals surface area contributed by atoms with E-state index < -0.39 is 18.0 Å². The molecule has 0 aliphatic carbocycles. The monoisotopic (exact) mass is 256 g/mol. The number of nitrogens with zero attached hydrogens (tertiary/aromatic N) is 2. The molecule has 4 N–H and O–H groups in total. The predicted octanol–water partition coefficient (Wildman–Crippen LogP) is -0.613. The molecule has 0 spiro atoms. The molecule has 0 saturated heterocycles. The molecule has 0 radical (unpaired) electrons. The summed E-state index contributed by atoms with van der Waals surface area (Å²) in [5.74, 6) is -1.17. The lowest BCUT2D eigenvalue weighted by Gasteiger charge is -2.20. The van der Waals surface area contributed by atoms with E-state index in [1.807, 2.05) is 0 Å². The predicted molar refractivity (Wildman–Crippen MR) is 61.7 cm³/mol. The molecule has 100 valence electrons. The van der Waals surface area contributed by atoms with Crippen LogP contribution in [0.25, 0.3) is 0 Å². The van der Waals surface area contributed by atoms with Crippen LogP contribution in [0, 0.1) is 0 Å². The molecule has 0 saturated carbocycles. The maximum Gasteiger partial charge on any atom is 0.326 e. The number of hydrogen-bond acceptors (Lipinski definition) is 4. The number of rotatable bonds is 6. The number of hydrogen-bond donors (Lipinski definition) is 4. The van der Waals surface area contributed by atoms with Gasteiger partial charge in [-0.05, 0) is 0 Å². The van der Waals surface area contributed by atoms with Crippen LogP contribution < -0.4 is 5.32 Å². The van der Waals surface area contributed by atoms with Gasteiger partial charge in [0.25, 0.3) is 0 Å². The van der Waals surface area contributed by atoms with Crippen LogP contribution >= 0.6 is 0 Å². The van der Waals surface area contributed by atoms with E-state index in [0.717, 1.165) is 5.56 Å². The normalized spacial score (nSPS) is 11.9. The van der Waals surface area contributed by atoms with Gasteiger partial charge in [-0.2, -0.15) is 5.10 Å². The number of carbonyl (C=O) groups is 2. The van der Waals surface area contributed by atoms with Crippen LogP contribution in [0.1, 0.15) is 12.0 Å². The third-order valence-corrected chi connectivity index (χ3v) is 2.33. The van der Waals surface area contributed by atoms with Gasteiger partial charge < -0.3 is 20.4 Å².